The van der Waals surface area contributed by atoms with Crippen molar-refractivity contribution in [1.29, 1.82) is 0 Å². The van der Waals surface area contributed by atoms with Gasteiger partial charge in [0, 0.05) is 25.2 Å². The highest BCUT2D eigenvalue weighted by Crippen LogP contribution is 2.35. The highest BCUT2D eigenvalue weighted by molar-refractivity contribution is 5.42. The third kappa shape index (κ3) is 3.77. The lowest BCUT2D eigenvalue weighted by Crippen LogP contribution is -2.33. The standard InChI is InChI=1S/C20H25FN2O/c1-15-4-6-16(7-5-15)20(23-12-3-10-22-11-13-23)18-14-17(21)8-9-19(18)24-2/h4-9,14,20,22H,3,10-13H2,1-2H3. The summed E-state index contributed by atoms with van der Waals surface area (Å²) in [7, 11) is 1.65. The molecular formula is C20H25FN2O. The molecule has 2 aromatic carbocycles. The summed E-state index contributed by atoms with van der Waals surface area (Å²) in [5.74, 6) is 0.509. The van der Waals surface area contributed by atoms with Gasteiger partial charge in [0.25, 0.3) is 0 Å². The number of nitrogens with one attached hydrogen (secondary N) is 1. The van der Waals surface area contributed by atoms with Crippen LogP contribution in [0.2, 0.25) is 0 Å². The van der Waals surface area contributed by atoms with E-state index in [4.69, 9.17) is 4.74 Å². The number of hydrogen-bond acceptors (Lipinski definition) is 3. The number of hydrogen-bond donors (Lipinski definition) is 1. The Morgan fingerprint density at radius 3 is 2.62 bits per heavy atom. The van der Waals surface area contributed by atoms with Gasteiger partial charge in [-0.05, 0) is 43.7 Å². The van der Waals surface area contributed by atoms with Gasteiger partial charge in [0.2, 0.25) is 0 Å². The van der Waals surface area contributed by atoms with E-state index >= 15 is 0 Å². The average Bonchev–Trinajstić information content (AvgIpc) is 2.86. The maximum atomic E-state index is 14.0. The van der Waals surface area contributed by atoms with Crippen LogP contribution < -0.4 is 10.1 Å². The fourth-order valence-corrected chi connectivity index (χ4v) is 3.38. The van der Waals surface area contributed by atoms with Gasteiger partial charge in [-0.2, -0.15) is 0 Å². The Balaban J connectivity index is 2.07. The molecule has 1 saturated heterocycles. The predicted octanol–water partition coefficient (Wildman–Crippen LogP) is 3.53. The molecule has 3 rings (SSSR count). The fraction of sp³-hybridized carbons (Fsp3) is 0.400. The third-order valence-corrected chi connectivity index (χ3v) is 4.62. The highest BCUT2D eigenvalue weighted by atomic mass is 19.1. The van der Waals surface area contributed by atoms with Crippen molar-refractivity contribution in [3.63, 3.8) is 0 Å². The zero-order valence-corrected chi connectivity index (χ0v) is 14.4. The van der Waals surface area contributed by atoms with Crippen molar-refractivity contribution in [3.05, 3.63) is 65.0 Å². The van der Waals surface area contributed by atoms with Crippen molar-refractivity contribution in [2.45, 2.75) is 19.4 Å². The van der Waals surface area contributed by atoms with Gasteiger partial charge in [0.15, 0.2) is 0 Å². The van der Waals surface area contributed by atoms with Crippen LogP contribution in [0.4, 0.5) is 4.39 Å². The van der Waals surface area contributed by atoms with Crippen molar-refractivity contribution in [3.8, 4) is 5.75 Å². The van der Waals surface area contributed by atoms with E-state index in [1.54, 1.807) is 19.2 Å². The molecule has 1 fully saturated rings. The lowest BCUT2D eigenvalue weighted by molar-refractivity contribution is 0.235. The number of benzene rings is 2. The molecular weight excluding hydrogens is 303 g/mol. The smallest absolute Gasteiger partial charge is 0.124 e. The number of ether oxygens (including phenoxy) is 1. The molecule has 0 aliphatic carbocycles. The van der Waals surface area contributed by atoms with E-state index < -0.39 is 0 Å². The van der Waals surface area contributed by atoms with Crippen LogP contribution in [0.5, 0.6) is 5.75 Å². The number of methoxy groups -OCH3 is 1. The Morgan fingerprint density at radius 1 is 1.08 bits per heavy atom. The fourth-order valence-electron chi connectivity index (χ4n) is 3.38. The molecule has 1 unspecified atom stereocenters. The zero-order chi connectivity index (χ0) is 16.9. The van der Waals surface area contributed by atoms with Gasteiger partial charge < -0.3 is 10.1 Å². The van der Waals surface area contributed by atoms with E-state index in [2.05, 4.69) is 41.4 Å². The van der Waals surface area contributed by atoms with Gasteiger partial charge in [-0.1, -0.05) is 29.8 Å². The summed E-state index contributed by atoms with van der Waals surface area (Å²) < 4.78 is 19.5. The van der Waals surface area contributed by atoms with Crippen molar-refractivity contribution in [2.75, 3.05) is 33.3 Å². The largest absolute Gasteiger partial charge is 0.496 e. The van der Waals surface area contributed by atoms with Gasteiger partial charge in [0.1, 0.15) is 11.6 Å². The van der Waals surface area contributed by atoms with Crippen LogP contribution in [0, 0.1) is 12.7 Å². The van der Waals surface area contributed by atoms with E-state index in [9.17, 15) is 4.39 Å². The third-order valence-electron chi connectivity index (χ3n) is 4.62. The van der Waals surface area contributed by atoms with E-state index in [1.165, 1.54) is 17.2 Å². The van der Waals surface area contributed by atoms with Crippen molar-refractivity contribution in [2.24, 2.45) is 0 Å². The van der Waals surface area contributed by atoms with E-state index in [0.29, 0.717) is 0 Å². The molecule has 0 amide bonds. The van der Waals surface area contributed by atoms with Crippen LogP contribution in [0.3, 0.4) is 0 Å². The first-order valence-corrected chi connectivity index (χ1v) is 8.54. The number of aryl methyl sites for hydroxylation is 1. The molecule has 1 aliphatic rings. The molecule has 128 valence electrons. The Labute approximate surface area is 143 Å². The quantitative estimate of drug-likeness (QED) is 0.929. The highest BCUT2D eigenvalue weighted by Gasteiger charge is 2.26. The average molecular weight is 328 g/mol. The van der Waals surface area contributed by atoms with Gasteiger partial charge in [-0.25, -0.2) is 4.39 Å². The topological polar surface area (TPSA) is 24.5 Å². The summed E-state index contributed by atoms with van der Waals surface area (Å²) in [5.41, 5.74) is 3.29. The Kier molecular flexibility index (Phi) is 5.48. The second-order valence-electron chi connectivity index (χ2n) is 6.34. The first-order valence-electron chi connectivity index (χ1n) is 8.54. The lowest BCUT2D eigenvalue weighted by atomic mass is 9.95. The van der Waals surface area contributed by atoms with Crippen LogP contribution in [-0.2, 0) is 0 Å². The summed E-state index contributed by atoms with van der Waals surface area (Å²) in [5, 5.41) is 3.44. The summed E-state index contributed by atoms with van der Waals surface area (Å²) in [4.78, 5) is 2.42. The molecule has 0 saturated carbocycles. The molecule has 0 aromatic heterocycles. The summed E-state index contributed by atoms with van der Waals surface area (Å²) in [6, 6.07) is 13.3. The van der Waals surface area contributed by atoms with E-state index in [1.807, 2.05) is 0 Å². The first kappa shape index (κ1) is 16.9. The maximum Gasteiger partial charge on any atom is 0.124 e. The molecule has 0 bridgehead atoms. The van der Waals surface area contributed by atoms with E-state index in [-0.39, 0.29) is 11.9 Å². The van der Waals surface area contributed by atoms with Crippen LogP contribution in [0.1, 0.15) is 29.2 Å². The number of halogens is 1. The first-order chi connectivity index (χ1) is 11.7. The predicted molar refractivity (Wildman–Crippen MR) is 95.0 cm³/mol. The van der Waals surface area contributed by atoms with Crippen LogP contribution in [0.25, 0.3) is 0 Å². The molecule has 1 N–H and O–H groups in total. The second-order valence-corrected chi connectivity index (χ2v) is 6.34. The second kappa shape index (κ2) is 7.77. The molecule has 1 heterocycles. The molecule has 4 heteroatoms. The summed E-state index contributed by atoms with van der Waals surface area (Å²) in [6.45, 7) is 5.96. The van der Waals surface area contributed by atoms with Crippen LogP contribution in [0.15, 0.2) is 42.5 Å². The van der Waals surface area contributed by atoms with Gasteiger partial charge in [0.05, 0.1) is 13.2 Å². The van der Waals surface area contributed by atoms with Crippen molar-refractivity contribution < 1.29 is 9.13 Å². The Bertz CT molecular complexity index is 664. The Morgan fingerprint density at radius 2 is 1.88 bits per heavy atom. The van der Waals surface area contributed by atoms with Crippen molar-refractivity contribution >= 4 is 0 Å². The molecule has 1 atom stereocenters. The summed E-state index contributed by atoms with van der Waals surface area (Å²) >= 11 is 0. The van der Waals surface area contributed by atoms with Crippen LogP contribution >= 0.6 is 0 Å². The van der Waals surface area contributed by atoms with Crippen LogP contribution in [-0.4, -0.2) is 38.2 Å². The normalized spacial score (nSPS) is 17.3. The summed E-state index contributed by atoms with van der Waals surface area (Å²) in [6.07, 6.45) is 1.08. The maximum absolute atomic E-state index is 14.0. The molecule has 3 nitrogen and oxygen atoms in total. The minimum absolute atomic E-state index is 0.00356. The lowest BCUT2D eigenvalue weighted by Gasteiger charge is -2.32. The van der Waals surface area contributed by atoms with Gasteiger partial charge in [-0.15, -0.1) is 0 Å². The Hall–Kier alpha value is -1.91. The minimum atomic E-state index is -0.226. The number of nitrogens with zero attached hydrogens (tertiary/aromatic N) is 1. The van der Waals surface area contributed by atoms with Gasteiger partial charge >= 0.3 is 0 Å². The van der Waals surface area contributed by atoms with Gasteiger partial charge in [-0.3, -0.25) is 4.90 Å². The molecule has 0 spiro atoms. The van der Waals surface area contributed by atoms with E-state index in [0.717, 1.165) is 43.9 Å². The molecule has 2 aromatic rings. The molecule has 24 heavy (non-hydrogen) atoms. The minimum Gasteiger partial charge on any atom is -0.496 e. The number of rotatable bonds is 4. The van der Waals surface area contributed by atoms with Crippen molar-refractivity contribution in [1.82, 2.24) is 10.2 Å². The monoisotopic (exact) mass is 328 g/mol. The zero-order valence-electron chi connectivity index (χ0n) is 14.4. The SMILES string of the molecule is COc1ccc(F)cc1C(c1ccc(C)cc1)N1CCCNCC1. The molecule has 1 aliphatic heterocycles. The molecule has 0 radical (unpaired) electrons.